The zero-order valence-corrected chi connectivity index (χ0v) is 8.57. The van der Waals surface area contributed by atoms with E-state index >= 15 is 0 Å². The largest absolute Gasteiger partial charge is 0.329 e. The molecule has 0 aliphatic carbocycles. The van der Waals surface area contributed by atoms with Crippen molar-refractivity contribution in [3.8, 4) is 0 Å². The first-order chi connectivity index (χ1) is 6.75. The number of rotatable bonds is 2. The topological polar surface area (TPSA) is 24.9 Å². The van der Waals surface area contributed by atoms with Gasteiger partial charge < -0.3 is 5.32 Å². The maximum absolute atomic E-state index is 13.2. The average Bonchev–Trinajstić information content (AvgIpc) is 2.56. The fourth-order valence-electron chi connectivity index (χ4n) is 0.989. The van der Waals surface area contributed by atoms with Crippen molar-refractivity contribution in [2.45, 2.75) is 0 Å². The van der Waals surface area contributed by atoms with Crippen LogP contribution in [0, 0.1) is 5.82 Å². The molecular weight excluding hydrogens is 223 g/mol. The molecule has 0 spiro atoms. The second kappa shape index (κ2) is 3.94. The van der Waals surface area contributed by atoms with Crippen LogP contribution in [0.15, 0.2) is 29.6 Å². The minimum absolute atomic E-state index is 0.307. The average molecular weight is 229 g/mol. The minimum Gasteiger partial charge on any atom is -0.329 e. The fourth-order valence-corrected chi connectivity index (χ4v) is 1.84. The van der Waals surface area contributed by atoms with Gasteiger partial charge in [-0.1, -0.05) is 23.7 Å². The molecule has 72 valence electrons. The van der Waals surface area contributed by atoms with E-state index in [0.29, 0.717) is 16.0 Å². The zero-order chi connectivity index (χ0) is 9.97. The third kappa shape index (κ3) is 2.02. The molecule has 14 heavy (non-hydrogen) atoms. The van der Waals surface area contributed by atoms with Crippen LogP contribution >= 0.6 is 22.9 Å². The van der Waals surface area contributed by atoms with E-state index in [-0.39, 0.29) is 5.82 Å². The Morgan fingerprint density at radius 3 is 2.79 bits per heavy atom. The molecule has 0 saturated carbocycles. The monoisotopic (exact) mass is 228 g/mol. The second-order valence-corrected chi connectivity index (χ2v) is 3.83. The molecule has 1 aromatic carbocycles. The summed E-state index contributed by atoms with van der Waals surface area (Å²) in [5, 5.41) is 5.52. The number of halogens is 2. The maximum atomic E-state index is 13.2. The van der Waals surface area contributed by atoms with Gasteiger partial charge in [-0.05, 0) is 12.1 Å². The number of thiazole rings is 1. The molecule has 0 aliphatic rings. The standard InChI is InChI=1S/C9H6ClFN2S/c10-8-5-14-9(13-8)12-7-4-2-1-3-6(7)11/h1-5H,(H,12,13). The van der Waals surface area contributed by atoms with Crippen LogP contribution in [0.3, 0.4) is 0 Å². The molecule has 1 aromatic heterocycles. The van der Waals surface area contributed by atoms with Crippen LogP contribution in [-0.2, 0) is 0 Å². The minimum atomic E-state index is -0.307. The van der Waals surface area contributed by atoms with Gasteiger partial charge in [-0.15, -0.1) is 11.3 Å². The number of para-hydroxylation sites is 1. The van der Waals surface area contributed by atoms with Gasteiger partial charge in [-0.2, -0.15) is 0 Å². The summed E-state index contributed by atoms with van der Waals surface area (Å²) in [5.41, 5.74) is 0.401. The van der Waals surface area contributed by atoms with Crippen molar-refractivity contribution in [1.82, 2.24) is 4.98 Å². The highest BCUT2D eigenvalue weighted by Crippen LogP contribution is 2.24. The molecule has 2 aromatic rings. The molecule has 0 atom stereocenters. The van der Waals surface area contributed by atoms with Gasteiger partial charge in [0, 0.05) is 5.38 Å². The molecule has 2 rings (SSSR count). The molecule has 5 heteroatoms. The van der Waals surface area contributed by atoms with Crippen LogP contribution in [0.2, 0.25) is 5.15 Å². The molecule has 1 N–H and O–H groups in total. The number of benzene rings is 1. The highest BCUT2D eigenvalue weighted by atomic mass is 35.5. The number of anilines is 2. The Balaban J connectivity index is 2.23. The van der Waals surface area contributed by atoms with Crippen LogP contribution in [0.1, 0.15) is 0 Å². The normalized spacial score (nSPS) is 10.1. The summed E-state index contributed by atoms with van der Waals surface area (Å²) in [6.07, 6.45) is 0. The van der Waals surface area contributed by atoms with Gasteiger partial charge in [0.2, 0.25) is 0 Å². The quantitative estimate of drug-likeness (QED) is 0.848. The van der Waals surface area contributed by atoms with E-state index in [1.165, 1.54) is 17.4 Å². The number of nitrogens with zero attached hydrogens (tertiary/aromatic N) is 1. The van der Waals surface area contributed by atoms with E-state index in [4.69, 9.17) is 11.6 Å². The third-order valence-corrected chi connectivity index (χ3v) is 2.67. The Morgan fingerprint density at radius 1 is 1.36 bits per heavy atom. The summed E-state index contributed by atoms with van der Waals surface area (Å²) < 4.78 is 13.2. The molecular formula is C9H6ClFN2S. The molecule has 0 saturated heterocycles. The van der Waals surface area contributed by atoms with Crippen LogP contribution in [0.4, 0.5) is 15.2 Å². The Kier molecular flexibility index (Phi) is 2.65. The molecule has 0 radical (unpaired) electrons. The Morgan fingerprint density at radius 2 is 2.14 bits per heavy atom. The Bertz CT molecular complexity index is 444. The lowest BCUT2D eigenvalue weighted by atomic mass is 10.3. The predicted molar refractivity (Wildman–Crippen MR) is 56.8 cm³/mol. The number of hydrogen-bond acceptors (Lipinski definition) is 3. The van der Waals surface area contributed by atoms with Crippen molar-refractivity contribution in [3.63, 3.8) is 0 Å². The van der Waals surface area contributed by atoms with Crippen LogP contribution in [0.5, 0.6) is 0 Å². The maximum Gasteiger partial charge on any atom is 0.188 e. The molecule has 0 unspecified atom stereocenters. The smallest absolute Gasteiger partial charge is 0.188 e. The summed E-state index contributed by atoms with van der Waals surface area (Å²) in [5.74, 6) is -0.307. The first-order valence-corrected chi connectivity index (χ1v) is 5.14. The van der Waals surface area contributed by atoms with E-state index in [9.17, 15) is 4.39 Å². The van der Waals surface area contributed by atoms with Crippen LogP contribution < -0.4 is 5.32 Å². The van der Waals surface area contributed by atoms with E-state index in [1.807, 2.05) is 0 Å². The number of aromatic nitrogens is 1. The second-order valence-electron chi connectivity index (χ2n) is 2.58. The highest BCUT2D eigenvalue weighted by Gasteiger charge is 2.03. The van der Waals surface area contributed by atoms with Gasteiger partial charge in [0.15, 0.2) is 5.13 Å². The van der Waals surface area contributed by atoms with E-state index in [0.717, 1.165) is 0 Å². The molecule has 0 amide bonds. The zero-order valence-electron chi connectivity index (χ0n) is 7.00. The molecule has 0 aliphatic heterocycles. The lowest BCUT2D eigenvalue weighted by Gasteiger charge is -2.02. The first-order valence-electron chi connectivity index (χ1n) is 3.88. The van der Waals surface area contributed by atoms with Crippen molar-refractivity contribution < 1.29 is 4.39 Å². The van der Waals surface area contributed by atoms with Crippen molar-refractivity contribution >= 4 is 33.8 Å². The number of hydrogen-bond donors (Lipinski definition) is 1. The third-order valence-electron chi connectivity index (χ3n) is 1.59. The van der Waals surface area contributed by atoms with Gasteiger partial charge in [0.05, 0.1) is 5.69 Å². The fraction of sp³-hybridized carbons (Fsp3) is 0. The lowest BCUT2D eigenvalue weighted by Crippen LogP contribution is -1.91. The predicted octanol–water partition coefficient (Wildman–Crippen LogP) is 3.68. The van der Waals surface area contributed by atoms with E-state index in [1.54, 1.807) is 23.6 Å². The van der Waals surface area contributed by atoms with Crippen molar-refractivity contribution in [2.75, 3.05) is 5.32 Å². The van der Waals surface area contributed by atoms with Gasteiger partial charge in [-0.3, -0.25) is 0 Å². The van der Waals surface area contributed by atoms with Gasteiger partial charge in [0.25, 0.3) is 0 Å². The molecule has 2 nitrogen and oxygen atoms in total. The number of nitrogens with one attached hydrogen (secondary N) is 1. The van der Waals surface area contributed by atoms with Crippen molar-refractivity contribution in [3.05, 3.63) is 40.6 Å². The summed E-state index contributed by atoms with van der Waals surface area (Å²) in [6, 6.07) is 6.41. The summed E-state index contributed by atoms with van der Waals surface area (Å²) in [6.45, 7) is 0. The summed E-state index contributed by atoms with van der Waals surface area (Å²) in [7, 11) is 0. The van der Waals surface area contributed by atoms with Crippen molar-refractivity contribution in [2.24, 2.45) is 0 Å². The van der Waals surface area contributed by atoms with Gasteiger partial charge >= 0.3 is 0 Å². The molecule has 1 heterocycles. The highest BCUT2D eigenvalue weighted by molar-refractivity contribution is 7.14. The molecule has 0 fully saturated rings. The van der Waals surface area contributed by atoms with Gasteiger partial charge in [0.1, 0.15) is 11.0 Å². The van der Waals surface area contributed by atoms with Gasteiger partial charge in [-0.25, -0.2) is 9.37 Å². The van der Waals surface area contributed by atoms with Crippen molar-refractivity contribution in [1.29, 1.82) is 0 Å². The van der Waals surface area contributed by atoms with Crippen LogP contribution in [-0.4, -0.2) is 4.98 Å². The SMILES string of the molecule is Fc1ccccc1Nc1nc(Cl)cs1. The molecule has 0 bridgehead atoms. The lowest BCUT2D eigenvalue weighted by molar-refractivity contribution is 0.632. The first kappa shape index (κ1) is 9.43. The van der Waals surface area contributed by atoms with Crippen LogP contribution in [0.25, 0.3) is 0 Å². The Labute approximate surface area is 89.4 Å². The summed E-state index contributed by atoms with van der Waals surface area (Å²) in [4.78, 5) is 3.95. The van der Waals surface area contributed by atoms with E-state index in [2.05, 4.69) is 10.3 Å². The van der Waals surface area contributed by atoms with E-state index < -0.39 is 0 Å². The Hall–Kier alpha value is -1.13. The summed E-state index contributed by atoms with van der Waals surface area (Å²) >= 11 is 6.96.